The van der Waals surface area contributed by atoms with Crippen molar-refractivity contribution in [1.82, 2.24) is 25.3 Å². The van der Waals surface area contributed by atoms with E-state index < -0.39 is 0 Å². The molecule has 4 aromatic rings. The number of hydrogen-bond acceptors (Lipinski definition) is 3. The highest BCUT2D eigenvalue weighted by Gasteiger charge is 2.11. The summed E-state index contributed by atoms with van der Waals surface area (Å²) in [5.41, 5.74) is 4.69. The van der Waals surface area contributed by atoms with E-state index >= 15 is 0 Å². The van der Waals surface area contributed by atoms with E-state index in [0.29, 0.717) is 0 Å². The van der Waals surface area contributed by atoms with E-state index in [2.05, 4.69) is 70.0 Å². The second-order valence-corrected chi connectivity index (χ2v) is 5.91. The van der Waals surface area contributed by atoms with Gasteiger partial charge in [0.2, 0.25) is 0 Å². The lowest BCUT2D eigenvalue weighted by atomic mass is 10.1. The van der Waals surface area contributed by atoms with Gasteiger partial charge in [-0.1, -0.05) is 29.5 Å². The molecule has 0 spiro atoms. The number of nitrogens with one attached hydrogen (secondary N) is 2. The smallest absolute Gasteiger partial charge is 0.0711 e. The van der Waals surface area contributed by atoms with Gasteiger partial charge in [0.1, 0.15) is 0 Å². The third-order valence-electron chi connectivity index (χ3n) is 4.30. The lowest BCUT2D eigenvalue weighted by Gasteiger charge is -2.18. The van der Waals surface area contributed by atoms with Gasteiger partial charge in [0, 0.05) is 24.3 Å². The number of benzene rings is 2. The summed E-state index contributed by atoms with van der Waals surface area (Å²) < 4.78 is 1.80. The molecule has 0 aliphatic heterocycles. The number of H-pyrrole nitrogens is 1. The lowest BCUT2D eigenvalue weighted by molar-refractivity contribution is 0.570. The molecule has 0 radical (unpaired) electrons. The van der Waals surface area contributed by atoms with Crippen LogP contribution in [0.4, 0.5) is 0 Å². The van der Waals surface area contributed by atoms with E-state index in [4.69, 9.17) is 0 Å². The Hall–Kier alpha value is -2.92. The minimum absolute atomic E-state index is 0.201. The summed E-state index contributed by atoms with van der Waals surface area (Å²) in [7, 11) is 0. The van der Waals surface area contributed by atoms with E-state index in [-0.39, 0.29) is 6.04 Å². The van der Waals surface area contributed by atoms with Crippen molar-refractivity contribution in [1.29, 1.82) is 0 Å². The van der Waals surface area contributed by atoms with Crippen molar-refractivity contribution in [3.05, 3.63) is 78.2 Å². The summed E-state index contributed by atoms with van der Waals surface area (Å²) in [5, 5.41) is 12.9. The number of rotatable bonds is 5. The molecule has 5 nitrogen and oxygen atoms in total. The zero-order chi connectivity index (χ0) is 16.4. The molecule has 5 heteroatoms. The van der Waals surface area contributed by atoms with Crippen LogP contribution in [0.3, 0.4) is 0 Å². The predicted octanol–water partition coefficient (Wildman–Crippen LogP) is 3.60. The van der Waals surface area contributed by atoms with E-state index in [9.17, 15) is 0 Å². The number of aromatic nitrogens is 4. The first-order valence-corrected chi connectivity index (χ1v) is 8.06. The Morgan fingerprint density at radius 3 is 2.96 bits per heavy atom. The fraction of sp³-hybridized carbons (Fsp3) is 0.158. The molecule has 0 amide bonds. The minimum atomic E-state index is 0.201. The molecule has 2 heterocycles. The highest BCUT2D eigenvalue weighted by Crippen LogP contribution is 2.21. The summed E-state index contributed by atoms with van der Waals surface area (Å²) in [4.78, 5) is 3.22. The van der Waals surface area contributed by atoms with Crippen molar-refractivity contribution in [3.63, 3.8) is 0 Å². The van der Waals surface area contributed by atoms with Gasteiger partial charge in [0.25, 0.3) is 0 Å². The van der Waals surface area contributed by atoms with Crippen LogP contribution in [0.5, 0.6) is 0 Å². The van der Waals surface area contributed by atoms with Crippen LogP contribution in [-0.2, 0) is 6.54 Å². The first kappa shape index (κ1) is 14.7. The zero-order valence-corrected chi connectivity index (χ0v) is 13.5. The molecule has 0 saturated heterocycles. The topological polar surface area (TPSA) is 58.5 Å². The van der Waals surface area contributed by atoms with Crippen molar-refractivity contribution in [2.45, 2.75) is 19.5 Å². The van der Waals surface area contributed by atoms with E-state index in [1.165, 1.54) is 22.0 Å². The standard InChI is InChI=1S/C19H19N5/c1-14(17-4-2-3-5-19(17)24-11-10-22-23-24)21-13-15-6-7-18-16(12-15)8-9-20-18/h2-12,14,20-21H,13H2,1H3. The first-order valence-electron chi connectivity index (χ1n) is 8.06. The molecular formula is C19H19N5. The number of nitrogens with zero attached hydrogens (tertiary/aromatic N) is 3. The quantitative estimate of drug-likeness (QED) is 0.591. The number of fused-ring (bicyclic) bond motifs is 1. The number of aromatic amines is 1. The van der Waals surface area contributed by atoms with E-state index in [0.717, 1.165) is 12.2 Å². The first-order chi connectivity index (χ1) is 11.8. The second-order valence-electron chi connectivity index (χ2n) is 5.91. The van der Waals surface area contributed by atoms with Gasteiger partial charge in [-0.05, 0) is 47.7 Å². The predicted molar refractivity (Wildman–Crippen MR) is 94.9 cm³/mol. The van der Waals surface area contributed by atoms with Gasteiger partial charge < -0.3 is 10.3 Å². The van der Waals surface area contributed by atoms with Crippen LogP contribution >= 0.6 is 0 Å². The highest BCUT2D eigenvalue weighted by atomic mass is 15.4. The summed E-state index contributed by atoms with van der Waals surface area (Å²) in [6, 6.07) is 17.1. The van der Waals surface area contributed by atoms with E-state index in [1.54, 1.807) is 10.9 Å². The Labute approximate surface area is 140 Å². The van der Waals surface area contributed by atoms with Crippen LogP contribution in [-0.4, -0.2) is 20.0 Å². The Morgan fingerprint density at radius 1 is 1.17 bits per heavy atom. The van der Waals surface area contributed by atoms with Crippen molar-refractivity contribution in [3.8, 4) is 5.69 Å². The minimum Gasteiger partial charge on any atom is -0.361 e. The zero-order valence-electron chi connectivity index (χ0n) is 13.5. The van der Waals surface area contributed by atoms with Gasteiger partial charge in [0.15, 0.2) is 0 Å². The van der Waals surface area contributed by atoms with Gasteiger partial charge in [0.05, 0.1) is 18.1 Å². The second kappa shape index (κ2) is 6.29. The Morgan fingerprint density at radius 2 is 2.08 bits per heavy atom. The Balaban J connectivity index is 1.53. The van der Waals surface area contributed by atoms with Crippen LogP contribution in [0.25, 0.3) is 16.6 Å². The van der Waals surface area contributed by atoms with Gasteiger partial charge >= 0.3 is 0 Å². The van der Waals surface area contributed by atoms with Crippen LogP contribution in [0.1, 0.15) is 24.1 Å². The number of hydrogen-bond donors (Lipinski definition) is 2. The summed E-state index contributed by atoms with van der Waals surface area (Å²) in [6.45, 7) is 2.98. The monoisotopic (exact) mass is 317 g/mol. The molecule has 4 rings (SSSR count). The molecule has 1 atom stereocenters. The molecule has 1 unspecified atom stereocenters. The Bertz CT molecular complexity index is 939. The third-order valence-corrected chi connectivity index (χ3v) is 4.30. The van der Waals surface area contributed by atoms with Crippen molar-refractivity contribution in [2.75, 3.05) is 0 Å². The Kier molecular flexibility index (Phi) is 3.84. The molecule has 2 N–H and O–H groups in total. The normalized spacial score (nSPS) is 12.5. The van der Waals surface area contributed by atoms with Crippen molar-refractivity contribution in [2.24, 2.45) is 0 Å². The fourth-order valence-corrected chi connectivity index (χ4v) is 2.99. The maximum absolute atomic E-state index is 4.11. The largest absolute Gasteiger partial charge is 0.361 e. The van der Waals surface area contributed by atoms with Crippen molar-refractivity contribution < 1.29 is 0 Å². The average molecular weight is 317 g/mol. The van der Waals surface area contributed by atoms with E-state index in [1.807, 2.05) is 18.5 Å². The molecule has 24 heavy (non-hydrogen) atoms. The lowest BCUT2D eigenvalue weighted by Crippen LogP contribution is -2.19. The van der Waals surface area contributed by atoms with Gasteiger partial charge in [-0.3, -0.25) is 0 Å². The van der Waals surface area contributed by atoms with Crippen LogP contribution < -0.4 is 5.32 Å². The van der Waals surface area contributed by atoms with Gasteiger partial charge in [-0.2, -0.15) is 0 Å². The molecular weight excluding hydrogens is 298 g/mol. The van der Waals surface area contributed by atoms with Crippen LogP contribution in [0.15, 0.2) is 67.1 Å². The molecule has 0 bridgehead atoms. The molecule has 0 aliphatic carbocycles. The van der Waals surface area contributed by atoms with Crippen LogP contribution in [0, 0.1) is 0 Å². The molecule has 0 fully saturated rings. The van der Waals surface area contributed by atoms with Crippen LogP contribution in [0.2, 0.25) is 0 Å². The summed E-state index contributed by atoms with van der Waals surface area (Å²) >= 11 is 0. The molecule has 2 aromatic heterocycles. The molecule has 2 aromatic carbocycles. The average Bonchev–Trinajstić information content (AvgIpc) is 3.30. The van der Waals surface area contributed by atoms with Crippen molar-refractivity contribution >= 4 is 10.9 Å². The summed E-state index contributed by atoms with van der Waals surface area (Å²) in [5.74, 6) is 0. The fourth-order valence-electron chi connectivity index (χ4n) is 2.99. The summed E-state index contributed by atoms with van der Waals surface area (Å²) in [6.07, 6.45) is 5.53. The van der Waals surface area contributed by atoms with Gasteiger partial charge in [-0.25, -0.2) is 4.68 Å². The molecule has 120 valence electrons. The SMILES string of the molecule is CC(NCc1ccc2[nH]ccc2c1)c1ccccc1-n1ccnn1. The molecule has 0 aliphatic rings. The maximum atomic E-state index is 4.11. The maximum Gasteiger partial charge on any atom is 0.0711 e. The third kappa shape index (κ3) is 2.81. The molecule has 0 saturated carbocycles. The number of para-hydroxylation sites is 1. The highest BCUT2D eigenvalue weighted by molar-refractivity contribution is 5.79. The van der Waals surface area contributed by atoms with Gasteiger partial charge in [-0.15, -0.1) is 5.10 Å².